The number of nitrogens with zero attached hydrogens (tertiary/aromatic N) is 1. The summed E-state index contributed by atoms with van der Waals surface area (Å²) < 4.78 is 6.13. The molecule has 214 valence electrons. The Kier molecular flexibility index (Phi) is 9.45. The van der Waals surface area contributed by atoms with Crippen molar-refractivity contribution in [1.82, 2.24) is 20.9 Å². The van der Waals surface area contributed by atoms with Crippen LogP contribution in [0, 0.1) is 6.92 Å². The molecule has 2 heterocycles. The van der Waals surface area contributed by atoms with Gasteiger partial charge in [0.1, 0.15) is 24.4 Å². The van der Waals surface area contributed by atoms with Gasteiger partial charge in [-0.1, -0.05) is 36.4 Å². The molecule has 3 atom stereocenters. The SMILES string of the molecule is CC(=O)N[C@H]1CCCC(=O)N2CCC2(C)COc2ccc(C)c(c2)CNC(=O)[C@H](CCc2ccccc2)NC1=O. The highest BCUT2D eigenvalue weighted by Gasteiger charge is 2.44. The number of fused-ring (bicyclic) bond motifs is 3. The fourth-order valence-corrected chi connectivity index (χ4v) is 5.26. The van der Waals surface area contributed by atoms with Crippen LogP contribution in [0.25, 0.3) is 0 Å². The molecule has 9 nitrogen and oxygen atoms in total. The first kappa shape index (κ1) is 29.1. The zero-order valence-corrected chi connectivity index (χ0v) is 23.6. The molecule has 1 saturated heterocycles. The van der Waals surface area contributed by atoms with E-state index in [0.29, 0.717) is 38.2 Å². The lowest BCUT2D eigenvalue weighted by atomic mass is 9.86. The predicted octanol–water partition coefficient (Wildman–Crippen LogP) is 2.79. The van der Waals surface area contributed by atoms with E-state index >= 15 is 0 Å². The van der Waals surface area contributed by atoms with Gasteiger partial charge in [-0.2, -0.15) is 0 Å². The van der Waals surface area contributed by atoms with Gasteiger partial charge in [0.2, 0.25) is 23.6 Å². The van der Waals surface area contributed by atoms with Gasteiger partial charge >= 0.3 is 0 Å². The molecule has 2 aromatic carbocycles. The molecule has 2 aliphatic heterocycles. The van der Waals surface area contributed by atoms with Gasteiger partial charge in [-0.05, 0) is 74.8 Å². The summed E-state index contributed by atoms with van der Waals surface area (Å²) in [5.41, 5.74) is 2.56. The van der Waals surface area contributed by atoms with E-state index in [1.54, 1.807) is 0 Å². The van der Waals surface area contributed by atoms with Crippen LogP contribution in [-0.4, -0.2) is 59.3 Å². The van der Waals surface area contributed by atoms with Crippen LogP contribution in [0.2, 0.25) is 0 Å². The summed E-state index contributed by atoms with van der Waals surface area (Å²) in [6.07, 6.45) is 2.79. The molecule has 4 rings (SSSR count). The molecule has 0 spiro atoms. The molecule has 40 heavy (non-hydrogen) atoms. The molecular formula is C31H40N4O5. The van der Waals surface area contributed by atoms with E-state index < -0.39 is 23.5 Å². The topological polar surface area (TPSA) is 117 Å². The quantitative estimate of drug-likeness (QED) is 0.543. The maximum atomic E-state index is 13.4. The van der Waals surface area contributed by atoms with Gasteiger partial charge in [-0.15, -0.1) is 0 Å². The molecule has 0 aromatic heterocycles. The molecule has 1 fully saturated rings. The van der Waals surface area contributed by atoms with Crippen molar-refractivity contribution in [2.24, 2.45) is 0 Å². The first-order valence-electron chi connectivity index (χ1n) is 14.1. The third-order valence-corrected chi connectivity index (χ3v) is 7.93. The van der Waals surface area contributed by atoms with Crippen molar-refractivity contribution in [3.8, 4) is 5.75 Å². The maximum Gasteiger partial charge on any atom is 0.243 e. The van der Waals surface area contributed by atoms with Gasteiger partial charge in [0.05, 0.1) is 5.54 Å². The summed E-state index contributed by atoms with van der Waals surface area (Å²) in [5.74, 6) is -0.390. The molecule has 0 radical (unpaired) electrons. The predicted molar refractivity (Wildman–Crippen MR) is 151 cm³/mol. The minimum atomic E-state index is -0.846. The highest BCUT2D eigenvalue weighted by atomic mass is 16.5. The van der Waals surface area contributed by atoms with Crippen molar-refractivity contribution in [1.29, 1.82) is 0 Å². The number of nitrogens with one attached hydrogen (secondary N) is 3. The van der Waals surface area contributed by atoms with Gasteiger partial charge in [0.25, 0.3) is 0 Å². The minimum Gasteiger partial charge on any atom is -0.491 e. The number of carbonyl (C=O) groups excluding carboxylic acids is 4. The maximum absolute atomic E-state index is 13.4. The van der Waals surface area contributed by atoms with Crippen LogP contribution in [0.1, 0.15) is 62.6 Å². The monoisotopic (exact) mass is 548 g/mol. The van der Waals surface area contributed by atoms with E-state index in [9.17, 15) is 19.2 Å². The molecule has 0 saturated carbocycles. The summed E-state index contributed by atoms with van der Waals surface area (Å²) in [4.78, 5) is 53.5. The molecule has 9 heteroatoms. The van der Waals surface area contributed by atoms with Crippen LogP contribution in [-0.2, 0) is 32.1 Å². The summed E-state index contributed by atoms with van der Waals surface area (Å²) >= 11 is 0. The van der Waals surface area contributed by atoms with Crippen molar-refractivity contribution in [2.75, 3.05) is 13.2 Å². The van der Waals surface area contributed by atoms with E-state index in [4.69, 9.17) is 4.74 Å². The summed E-state index contributed by atoms with van der Waals surface area (Å²) in [6, 6.07) is 13.9. The molecule has 0 aliphatic carbocycles. The Hall–Kier alpha value is -3.88. The fraction of sp³-hybridized carbons (Fsp3) is 0.484. The van der Waals surface area contributed by atoms with Crippen LogP contribution in [0.15, 0.2) is 48.5 Å². The summed E-state index contributed by atoms with van der Waals surface area (Å²) in [6.45, 7) is 6.65. The summed E-state index contributed by atoms with van der Waals surface area (Å²) in [5, 5.41) is 8.57. The molecule has 1 unspecified atom stereocenters. The number of hydrogen-bond acceptors (Lipinski definition) is 5. The van der Waals surface area contributed by atoms with Crippen molar-refractivity contribution in [2.45, 2.75) is 83.5 Å². The lowest BCUT2D eigenvalue weighted by Crippen LogP contribution is -2.63. The number of rotatable bonds is 4. The Labute approximate surface area is 236 Å². The molecule has 2 bridgehead atoms. The Morgan fingerprint density at radius 2 is 1.90 bits per heavy atom. The Morgan fingerprint density at radius 3 is 2.60 bits per heavy atom. The van der Waals surface area contributed by atoms with Crippen LogP contribution >= 0.6 is 0 Å². The normalized spacial score (nSPS) is 24.3. The molecule has 3 N–H and O–H groups in total. The second-order valence-electron chi connectivity index (χ2n) is 11.1. The zero-order valence-electron chi connectivity index (χ0n) is 23.6. The van der Waals surface area contributed by atoms with Crippen LogP contribution < -0.4 is 20.7 Å². The number of hydrogen-bond donors (Lipinski definition) is 3. The van der Waals surface area contributed by atoms with Crippen molar-refractivity contribution in [3.05, 3.63) is 65.2 Å². The smallest absolute Gasteiger partial charge is 0.243 e. The molecule has 2 aliphatic rings. The van der Waals surface area contributed by atoms with E-state index in [1.807, 2.05) is 67.3 Å². The van der Waals surface area contributed by atoms with Crippen LogP contribution in [0.3, 0.4) is 0 Å². The van der Waals surface area contributed by atoms with Gasteiger partial charge in [-0.25, -0.2) is 0 Å². The van der Waals surface area contributed by atoms with E-state index in [1.165, 1.54) is 6.92 Å². The van der Waals surface area contributed by atoms with E-state index in [0.717, 1.165) is 23.1 Å². The van der Waals surface area contributed by atoms with Gasteiger partial charge < -0.3 is 25.6 Å². The molecule has 4 amide bonds. The lowest BCUT2D eigenvalue weighted by molar-refractivity contribution is -0.149. The molecule has 2 aromatic rings. The fourth-order valence-electron chi connectivity index (χ4n) is 5.26. The average molecular weight is 549 g/mol. The number of carbonyl (C=O) groups is 4. The van der Waals surface area contributed by atoms with E-state index in [2.05, 4.69) is 16.0 Å². The van der Waals surface area contributed by atoms with Crippen molar-refractivity contribution in [3.63, 3.8) is 0 Å². The largest absolute Gasteiger partial charge is 0.491 e. The van der Waals surface area contributed by atoms with Crippen LogP contribution in [0.5, 0.6) is 5.75 Å². The second kappa shape index (κ2) is 13.0. The second-order valence-corrected chi connectivity index (χ2v) is 11.1. The first-order chi connectivity index (χ1) is 19.1. The van der Waals surface area contributed by atoms with Crippen molar-refractivity contribution < 1.29 is 23.9 Å². The third-order valence-electron chi connectivity index (χ3n) is 7.93. The first-order valence-corrected chi connectivity index (χ1v) is 14.1. The Morgan fingerprint density at radius 1 is 1.12 bits per heavy atom. The number of aryl methyl sites for hydroxylation is 2. The highest BCUT2D eigenvalue weighted by Crippen LogP contribution is 2.32. The minimum absolute atomic E-state index is 0.00478. The van der Waals surface area contributed by atoms with Crippen LogP contribution in [0.4, 0.5) is 0 Å². The number of benzene rings is 2. The van der Waals surface area contributed by atoms with Gasteiger partial charge in [0.15, 0.2) is 0 Å². The highest BCUT2D eigenvalue weighted by molar-refractivity contribution is 5.91. The lowest BCUT2D eigenvalue weighted by Gasteiger charge is -2.50. The Balaban J connectivity index is 1.57. The third kappa shape index (κ3) is 7.40. The van der Waals surface area contributed by atoms with Crippen molar-refractivity contribution >= 4 is 23.6 Å². The average Bonchev–Trinajstić information content (AvgIpc) is 2.92. The summed E-state index contributed by atoms with van der Waals surface area (Å²) in [7, 11) is 0. The van der Waals surface area contributed by atoms with E-state index in [-0.39, 0.29) is 37.1 Å². The number of amides is 4. The van der Waals surface area contributed by atoms with Gasteiger partial charge in [0, 0.05) is 26.4 Å². The standard InChI is InChI=1S/C31H40N4O5/c1-21-12-14-25-18-24(21)19-32-29(38)27(15-13-23-8-5-4-6-9-23)34-30(39)26(33-22(2)36)10-7-11-28(37)35-17-16-31(35,3)20-40-25/h4-6,8-9,12,14,18,26-27H,7,10-11,13,15-17,19-20H2,1-3H3,(H,32,38)(H,33,36)(H,34,39)/t26-,27-,31?/m0/s1. The zero-order chi connectivity index (χ0) is 28.7. The molecular weight excluding hydrogens is 508 g/mol. The Bertz CT molecular complexity index is 1230. The van der Waals surface area contributed by atoms with Gasteiger partial charge in [-0.3, -0.25) is 19.2 Å². The number of ether oxygens (including phenoxy) is 1.